The topological polar surface area (TPSA) is 71.8 Å². The summed E-state index contributed by atoms with van der Waals surface area (Å²) in [6.45, 7) is 3.45. The lowest BCUT2D eigenvalue weighted by molar-refractivity contribution is -0.116. The smallest absolute Gasteiger partial charge is 0.257 e. The number of hydrogen-bond acceptors (Lipinski definition) is 4. The number of nitrogens with zero attached hydrogens (tertiary/aromatic N) is 1. The molecule has 0 spiro atoms. The highest BCUT2D eigenvalue weighted by atomic mass is 16.5. The molecule has 0 atom stereocenters. The van der Waals surface area contributed by atoms with Gasteiger partial charge < -0.3 is 19.4 Å². The van der Waals surface area contributed by atoms with Crippen molar-refractivity contribution in [1.29, 1.82) is 0 Å². The maximum absolute atomic E-state index is 12.3. The third-order valence-electron chi connectivity index (χ3n) is 3.35. The zero-order chi connectivity index (χ0) is 17.0. The molecule has 1 aromatic heterocycles. The first-order chi connectivity index (χ1) is 10.9. The second kappa shape index (κ2) is 7.00. The van der Waals surface area contributed by atoms with Crippen LogP contribution in [0.25, 0.3) is 0 Å². The van der Waals surface area contributed by atoms with Crippen molar-refractivity contribution in [2.24, 2.45) is 0 Å². The molecular formula is C17H20N2O4. The van der Waals surface area contributed by atoms with E-state index in [9.17, 15) is 9.59 Å². The van der Waals surface area contributed by atoms with Crippen molar-refractivity contribution in [1.82, 2.24) is 4.90 Å². The van der Waals surface area contributed by atoms with E-state index in [2.05, 4.69) is 5.32 Å². The van der Waals surface area contributed by atoms with Gasteiger partial charge in [-0.25, -0.2) is 0 Å². The van der Waals surface area contributed by atoms with Crippen LogP contribution in [0.1, 0.15) is 21.9 Å². The number of methoxy groups -OCH3 is 1. The fourth-order valence-electron chi connectivity index (χ4n) is 2.24. The second-order valence-corrected chi connectivity index (χ2v) is 5.27. The van der Waals surface area contributed by atoms with Gasteiger partial charge in [0.25, 0.3) is 5.91 Å². The van der Waals surface area contributed by atoms with Gasteiger partial charge in [-0.1, -0.05) is 6.07 Å². The number of hydrogen-bond donors (Lipinski definition) is 1. The average molecular weight is 316 g/mol. The predicted molar refractivity (Wildman–Crippen MR) is 86.8 cm³/mol. The summed E-state index contributed by atoms with van der Waals surface area (Å²) in [6.07, 6.45) is 0. The summed E-state index contributed by atoms with van der Waals surface area (Å²) < 4.78 is 10.5. The SMILES string of the molecule is COc1cccc(NC(=O)CN(C)C(=O)c2cc(C)oc2C)c1. The Bertz CT molecular complexity index is 721. The Morgan fingerprint density at radius 1 is 1.26 bits per heavy atom. The molecule has 2 rings (SSSR count). The molecule has 0 bridgehead atoms. The maximum atomic E-state index is 12.3. The first-order valence-electron chi connectivity index (χ1n) is 7.17. The van der Waals surface area contributed by atoms with Gasteiger partial charge in [0, 0.05) is 18.8 Å². The Kier molecular flexibility index (Phi) is 5.05. The van der Waals surface area contributed by atoms with Gasteiger partial charge in [0.1, 0.15) is 17.3 Å². The van der Waals surface area contributed by atoms with Crippen molar-refractivity contribution < 1.29 is 18.7 Å². The predicted octanol–water partition coefficient (Wildman–Crippen LogP) is 2.62. The van der Waals surface area contributed by atoms with Crippen molar-refractivity contribution in [2.45, 2.75) is 13.8 Å². The van der Waals surface area contributed by atoms with Crippen molar-refractivity contribution >= 4 is 17.5 Å². The number of anilines is 1. The van der Waals surface area contributed by atoms with Gasteiger partial charge in [0.2, 0.25) is 5.91 Å². The Morgan fingerprint density at radius 3 is 2.61 bits per heavy atom. The summed E-state index contributed by atoms with van der Waals surface area (Å²) >= 11 is 0. The molecule has 122 valence electrons. The summed E-state index contributed by atoms with van der Waals surface area (Å²) in [7, 11) is 3.14. The normalized spacial score (nSPS) is 10.3. The van der Waals surface area contributed by atoms with Crippen LogP contribution in [0.4, 0.5) is 5.69 Å². The van der Waals surface area contributed by atoms with E-state index < -0.39 is 0 Å². The number of rotatable bonds is 5. The van der Waals surface area contributed by atoms with Crippen molar-refractivity contribution in [3.05, 3.63) is 47.4 Å². The number of carbonyl (C=O) groups is 2. The van der Waals surface area contributed by atoms with Gasteiger partial charge in [-0.05, 0) is 32.0 Å². The molecule has 1 aromatic carbocycles. The van der Waals surface area contributed by atoms with Crippen LogP contribution in [0.3, 0.4) is 0 Å². The number of ether oxygens (including phenoxy) is 1. The van der Waals surface area contributed by atoms with E-state index >= 15 is 0 Å². The molecule has 0 aliphatic rings. The third kappa shape index (κ3) is 4.12. The van der Waals surface area contributed by atoms with E-state index in [-0.39, 0.29) is 18.4 Å². The first-order valence-corrected chi connectivity index (χ1v) is 7.17. The lowest BCUT2D eigenvalue weighted by atomic mass is 10.2. The number of carbonyl (C=O) groups excluding carboxylic acids is 2. The van der Waals surface area contributed by atoms with E-state index in [0.717, 1.165) is 0 Å². The molecule has 1 N–H and O–H groups in total. The second-order valence-electron chi connectivity index (χ2n) is 5.27. The van der Waals surface area contributed by atoms with E-state index in [1.54, 1.807) is 58.3 Å². The number of benzene rings is 1. The van der Waals surface area contributed by atoms with Crippen LogP contribution in [0.2, 0.25) is 0 Å². The molecule has 6 nitrogen and oxygen atoms in total. The molecule has 0 fully saturated rings. The standard InChI is InChI=1S/C17H20N2O4/c1-11-8-15(12(2)23-11)17(21)19(3)10-16(20)18-13-6-5-7-14(9-13)22-4/h5-9H,10H2,1-4H3,(H,18,20). The molecule has 0 saturated carbocycles. The zero-order valence-corrected chi connectivity index (χ0v) is 13.7. The summed E-state index contributed by atoms with van der Waals surface area (Å²) in [4.78, 5) is 25.8. The monoisotopic (exact) mass is 316 g/mol. The highest BCUT2D eigenvalue weighted by molar-refractivity contribution is 5.99. The van der Waals surface area contributed by atoms with Gasteiger partial charge in [-0.3, -0.25) is 9.59 Å². The molecule has 0 aliphatic heterocycles. The van der Waals surface area contributed by atoms with Crippen LogP contribution in [0.5, 0.6) is 5.75 Å². The largest absolute Gasteiger partial charge is 0.497 e. The van der Waals surface area contributed by atoms with Crippen LogP contribution in [0, 0.1) is 13.8 Å². The molecule has 1 heterocycles. The minimum absolute atomic E-state index is 0.0558. The molecule has 2 aromatic rings. The molecule has 2 amide bonds. The summed E-state index contributed by atoms with van der Waals surface area (Å²) in [5.74, 6) is 1.33. The van der Waals surface area contributed by atoms with Crippen molar-refractivity contribution in [3.63, 3.8) is 0 Å². The molecule has 6 heteroatoms. The molecular weight excluding hydrogens is 296 g/mol. The van der Waals surface area contributed by atoms with Crippen LogP contribution >= 0.6 is 0 Å². The summed E-state index contributed by atoms with van der Waals surface area (Å²) in [5, 5.41) is 2.74. The van der Waals surface area contributed by atoms with Gasteiger partial charge in [0.15, 0.2) is 0 Å². The Labute approximate surface area is 135 Å². The number of likely N-dealkylation sites (N-methyl/N-ethyl adjacent to an activating group) is 1. The zero-order valence-electron chi connectivity index (χ0n) is 13.7. The van der Waals surface area contributed by atoms with Crippen molar-refractivity contribution in [3.8, 4) is 5.75 Å². The molecule has 0 unspecified atom stereocenters. The van der Waals surface area contributed by atoms with Crippen LogP contribution < -0.4 is 10.1 Å². The van der Waals surface area contributed by atoms with Crippen LogP contribution in [-0.2, 0) is 4.79 Å². The first kappa shape index (κ1) is 16.6. The fourth-order valence-corrected chi connectivity index (χ4v) is 2.24. The fraction of sp³-hybridized carbons (Fsp3) is 0.294. The molecule has 23 heavy (non-hydrogen) atoms. The summed E-state index contributed by atoms with van der Waals surface area (Å²) in [5.41, 5.74) is 1.09. The minimum Gasteiger partial charge on any atom is -0.497 e. The van der Waals surface area contributed by atoms with Gasteiger partial charge >= 0.3 is 0 Å². The number of furan rings is 1. The Morgan fingerprint density at radius 2 is 2.00 bits per heavy atom. The number of amides is 2. The van der Waals surface area contributed by atoms with E-state index in [4.69, 9.17) is 9.15 Å². The lowest BCUT2D eigenvalue weighted by Crippen LogP contribution is -2.35. The van der Waals surface area contributed by atoms with Crippen molar-refractivity contribution in [2.75, 3.05) is 26.0 Å². The molecule has 0 radical (unpaired) electrons. The lowest BCUT2D eigenvalue weighted by Gasteiger charge is -2.16. The van der Waals surface area contributed by atoms with Crippen LogP contribution in [0.15, 0.2) is 34.7 Å². The maximum Gasteiger partial charge on any atom is 0.257 e. The van der Waals surface area contributed by atoms with E-state index in [1.165, 1.54) is 4.90 Å². The van der Waals surface area contributed by atoms with Gasteiger partial charge in [0.05, 0.1) is 19.2 Å². The Hall–Kier alpha value is -2.76. The van der Waals surface area contributed by atoms with Gasteiger partial charge in [-0.15, -0.1) is 0 Å². The third-order valence-corrected chi connectivity index (χ3v) is 3.35. The quantitative estimate of drug-likeness (QED) is 0.920. The van der Waals surface area contributed by atoms with E-state index in [0.29, 0.717) is 28.5 Å². The highest BCUT2D eigenvalue weighted by Gasteiger charge is 2.19. The number of nitrogens with one attached hydrogen (secondary N) is 1. The van der Waals surface area contributed by atoms with Gasteiger partial charge in [-0.2, -0.15) is 0 Å². The van der Waals surface area contributed by atoms with E-state index in [1.807, 2.05) is 0 Å². The molecule has 0 aliphatic carbocycles. The molecule has 0 saturated heterocycles. The highest BCUT2D eigenvalue weighted by Crippen LogP contribution is 2.17. The Balaban J connectivity index is 1.99. The number of aryl methyl sites for hydroxylation is 2. The van der Waals surface area contributed by atoms with Crippen LogP contribution in [-0.4, -0.2) is 37.4 Å². The summed E-state index contributed by atoms with van der Waals surface area (Å²) in [6, 6.07) is 8.71. The average Bonchev–Trinajstić information content (AvgIpc) is 2.85. The minimum atomic E-state index is -0.285.